The minimum Gasteiger partial charge on any atom is -0.456 e. The highest BCUT2D eigenvalue weighted by Crippen LogP contribution is 2.41. The lowest BCUT2D eigenvalue weighted by molar-refractivity contribution is 0.669. The van der Waals surface area contributed by atoms with E-state index < -0.39 is 0 Å². The van der Waals surface area contributed by atoms with Gasteiger partial charge in [0.2, 0.25) is 0 Å². The van der Waals surface area contributed by atoms with Gasteiger partial charge in [0.1, 0.15) is 11.2 Å². The predicted molar refractivity (Wildman–Crippen MR) is 256 cm³/mol. The Kier molecular flexibility index (Phi) is 7.31. The van der Waals surface area contributed by atoms with Gasteiger partial charge in [0.05, 0.1) is 22.1 Å². The van der Waals surface area contributed by atoms with Crippen LogP contribution >= 0.6 is 0 Å². The maximum atomic E-state index is 6.20. The standard InChI is InChI=1S/C58H36N2O/c1-2-12-45(13-3-1)59-53-16-8-6-14-47(53)49-33-41(22-28-54(49)59)42-23-29-55-50(34-42)51-35-43(44-25-31-58-52(36-44)48-15-7-9-17-57(48)61-58)24-30-56(51)60(55)46-26-20-38(21-27-46)40-19-18-37-10-4-5-11-39(37)32-40/h1-36H. The van der Waals surface area contributed by atoms with Gasteiger partial charge < -0.3 is 13.6 Å². The van der Waals surface area contributed by atoms with Crippen molar-refractivity contribution in [2.45, 2.75) is 0 Å². The molecular formula is C58H36N2O. The van der Waals surface area contributed by atoms with Crippen LogP contribution in [-0.2, 0) is 0 Å². The zero-order valence-electron chi connectivity index (χ0n) is 33.1. The molecule has 3 aromatic heterocycles. The third-order valence-corrected chi connectivity index (χ3v) is 12.7. The summed E-state index contributed by atoms with van der Waals surface area (Å²) in [5, 5.41) is 9.70. The van der Waals surface area contributed by atoms with Crippen LogP contribution in [0.5, 0.6) is 0 Å². The minimum absolute atomic E-state index is 0.906. The van der Waals surface area contributed by atoms with Gasteiger partial charge in [0.15, 0.2) is 0 Å². The maximum absolute atomic E-state index is 6.20. The highest BCUT2D eigenvalue weighted by molar-refractivity contribution is 6.14. The molecular weight excluding hydrogens is 741 g/mol. The molecule has 0 unspecified atom stereocenters. The van der Waals surface area contributed by atoms with E-state index in [-0.39, 0.29) is 0 Å². The van der Waals surface area contributed by atoms with E-state index in [0.29, 0.717) is 0 Å². The number of hydrogen-bond donors (Lipinski definition) is 0. The second-order valence-electron chi connectivity index (χ2n) is 16.1. The second-order valence-corrected chi connectivity index (χ2v) is 16.1. The lowest BCUT2D eigenvalue weighted by Crippen LogP contribution is -1.94. The lowest BCUT2D eigenvalue weighted by Gasteiger charge is -2.11. The Bertz CT molecular complexity index is 3860. The lowest BCUT2D eigenvalue weighted by atomic mass is 9.98. The largest absolute Gasteiger partial charge is 0.456 e. The van der Waals surface area contributed by atoms with Crippen LogP contribution in [0.15, 0.2) is 223 Å². The number of fused-ring (bicyclic) bond motifs is 10. The molecule has 3 heterocycles. The number of benzene rings is 10. The van der Waals surface area contributed by atoms with Gasteiger partial charge >= 0.3 is 0 Å². The molecule has 61 heavy (non-hydrogen) atoms. The van der Waals surface area contributed by atoms with Crippen molar-refractivity contribution in [2.24, 2.45) is 0 Å². The van der Waals surface area contributed by atoms with E-state index in [4.69, 9.17) is 4.42 Å². The zero-order chi connectivity index (χ0) is 40.0. The van der Waals surface area contributed by atoms with Gasteiger partial charge in [-0.25, -0.2) is 0 Å². The first kappa shape index (κ1) is 33.8. The summed E-state index contributed by atoms with van der Waals surface area (Å²) in [6.45, 7) is 0. The van der Waals surface area contributed by atoms with Crippen LogP contribution in [0.1, 0.15) is 0 Å². The Morgan fingerprint density at radius 2 is 0.689 bits per heavy atom. The SMILES string of the molecule is c1ccc(-n2c3ccccc3c3cc(-c4ccc5c(c4)c4cc(-c6ccc7oc8ccccc8c7c6)ccc4n5-c4ccc(-c5ccc6ccccc6c5)cc4)ccc32)cc1. The molecule has 0 saturated heterocycles. The number of nitrogens with zero attached hydrogens (tertiary/aromatic N) is 2. The molecule has 13 aromatic rings. The van der Waals surface area contributed by atoms with Gasteiger partial charge in [-0.1, -0.05) is 127 Å². The molecule has 0 aliphatic rings. The van der Waals surface area contributed by atoms with E-state index in [1.807, 2.05) is 12.1 Å². The first-order valence-electron chi connectivity index (χ1n) is 20.9. The number of rotatable bonds is 5. The second kappa shape index (κ2) is 13.2. The molecule has 10 aromatic carbocycles. The summed E-state index contributed by atoms with van der Waals surface area (Å²) in [5.74, 6) is 0. The van der Waals surface area contributed by atoms with Crippen LogP contribution in [-0.4, -0.2) is 9.13 Å². The molecule has 13 rings (SSSR count). The van der Waals surface area contributed by atoms with Crippen LogP contribution in [0.25, 0.3) is 121 Å². The Hall–Kier alpha value is -8.14. The van der Waals surface area contributed by atoms with Crippen molar-refractivity contribution in [1.29, 1.82) is 0 Å². The number of hydrogen-bond acceptors (Lipinski definition) is 1. The van der Waals surface area contributed by atoms with Gasteiger partial charge in [-0.05, 0) is 135 Å². The molecule has 0 spiro atoms. The molecule has 0 atom stereocenters. The molecule has 3 heteroatoms. The fourth-order valence-corrected chi connectivity index (χ4v) is 9.75. The summed E-state index contributed by atoms with van der Waals surface area (Å²) in [7, 11) is 0. The number of para-hydroxylation sites is 3. The summed E-state index contributed by atoms with van der Waals surface area (Å²) in [4.78, 5) is 0. The van der Waals surface area contributed by atoms with Crippen LogP contribution in [0, 0.1) is 0 Å². The van der Waals surface area contributed by atoms with Crippen molar-refractivity contribution >= 4 is 76.3 Å². The average molecular weight is 777 g/mol. The van der Waals surface area contributed by atoms with E-state index in [2.05, 4.69) is 215 Å². The van der Waals surface area contributed by atoms with Gasteiger partial charge in [0, 0.05) is 43.7 Å². The molecule has 3 nitrogen and oxygen atoms in total. The molecule has 0 fully saturated rings. The van der Waals surface area contributed by atoms with Crippen molar-refractivity contribution in [1.82, 2.24) is 9.13 Å². The topological polar surface area (TPSA) is 23.0 Å². The van der Waals surface area contributed by atoms with E-state index in [1.54, 1.807) is 0 Å². The average Bonchev–Trinajstić information content (AvgIpc) is 3.98. The molecule has 0 saturated carbocycles. The molecule has 284 valence electrons. The van der Waals surface area contributed by atoms with Crippen LogP contribution in [0.2, 0.25) is 0 Å². The molecule has 0 N–H and O–H groups in total. The van der Waals surface area contributed by atoms with Gasteiger partial charge in [0.25, 0.3) is 0 Å². The smallest absolute Gasteiger partial charge is 0.135 e. The van der Waals surface area contributed by atoms with Crippen molar-refractivity contribution in [2.75, 3.05) is 0 Å². The number of furan rings is 1. The molecule has 0 bridgehead atoms. The Labute approximate surface area is 351 Å². The summed E-state index contributed by atoms with van der Waals surface area (Å²) in [6.07, 6.45) is 0. The van der Waals surface area contributed by atoms with E-state index in [0.717, 1.165) is 38.9 Å². The van der Waals surface area contributed by atoms with Crippen molar-refractivity contribution in [3.05, 3.63) is 218 Å². The highest BCUT2D eigenvalue weighted by atomic mass is 16.3. The van der Waals surface area contributed by atoms with Crippen LogP contribution < -0.4 is 0 Å². The van der Waals surface area contributed by atoms with Crippen LogP contribution in [0.4, 0.5) is 0 Å². The fraction of sp³-hybridized carbons (Fsp3) is 0. The fourth-order valence-electron chi connectivity index (χ4n) is 9.75. The third-order valence-electron chi connectivity index (χ3n) is 12.7. The molecule has 0 aliphatic heterocycles. The molecule has 0 aliphatic carbocycles. The van der Waals surface area contributed by atoms with Crippen molar-refractivity contribution in [3.63, 3.8) is 0 Å². The summed E-state index contributed by atoms with van der Waals surface area (Å²) in [5.41, 5.74) is 16.0. The predicted octanol–water partition coefficient (Wildman–Crippen LogP) is 15.9. The van der Waals surface area contributed by atoms with Crippen molar-refractivity contribution in [3.8, 4) is 44.8 Å². The highest BCUT2D eigenvalue weighted by Gasteiger charge is 2.18. The van der Waals surface area contributed by atoms with Gasteiger partial charge in [-0.15, -0.1) is 0 Å². The zero-order valence-corrected chi connectivity index (χ0v) is 33.1. The van der Waals surface area contributed by atoms with Crippen LogP contribution in [0.3, 0.4) is 0 Å². The quantitative estimate of drug-likeness (QED) is 0.171. The Morgan fingerprint density at radius 3 is 1.38 bits per heavy atom. The Balaban J connectivity index is 0.988. The monoisotopic (exact) mass is 776 g/mol. The van der Waals surface area contributed by atoms with E-state index >= 15 is 0 Å². The first-order valence-corrected chi connectivity index (χ1v) is 20.9. The Morgan fingerprint density at radius 1 is 0.246 bits per heavy atom. The number of aromatic nitrogens is 2. The van der Waals surface area contributed by atoms with E-state index in [9.17, 15) is 0 Å². The minimum atomic E-state index is 0.906. The summed E-state index contributed by atoms with van der Waals surface area (Å²) in [6, 6.07) is 79.5. The maximum Gasteiger partial charge on any atom is 0.135 e. The molecule has 0 radical (unpaired) electrons. The summed E-state index contributed by atoms with van der Waals surface area (Å²) < 4.78 is 11.0. The van der Waals surface area contributed by atoms with Gasteiger partial charge in [-0.3, -0.25) is 0 Å². The first-order chi connectivity index (χ1) is 30.2. The normalized spacial score (nSPS) is 11.9. The van der Waals surface area contributed by atoms with Gasteiger partial charge in [-0.2, -0.15) is 0 Å². The van der Waals surface area contributed by atoms with E-state index in [1.165, 1.54) is 82.2 Å². The third kappa shape index (κ3) is 5.31. The summed E-state index contributed by atoms with van der Waals surface area (Å²) >= 11 is 0. The molecule has 0 amide bonds. The van der Waals surface area contributed by atoms with Crippen molar-refractivity contribution < 1.29 is 4.42 Å².